The average molecular weight is 412 g/mol. The van der Waals surface area contributed by atoms with Gasteiger partial charge in [-0.15, -0.1) is 0 Å². The Bertz CT molecular complexity index is 1240. The molecule has 1 saturated heterocycles. The zero-order chi connectivity index (χ0) is 21.3. The van der Waals surface area contributed by atoms with Crippen molar-refractivity contribution in [1.82, 2.24) is 4.98 Å². The summed E-state index contributed by atoms with van der Waals surface area (Å²) in [5.74, 6) is -0.721. The van der Waals surface area contributed by atoms with Crippen LogP contribution in [-0.2, 0) is 9.59 Å². The lowest BCUT2D eigenvalue weighted by molar-refractivity contribution is -0.123. The number of carbonyl (C=O) groups is 3. The summed E-state index contributed by atoms with van der Waals surface area (Å²) in [6.07, 6.45) is 3.12. The minimum atomic E-state index is -1.01. The van der Waals surface area contributed by atoms with E-state index in [2.05, 4.69) is 4.98 Å². The molecule has 2 bridgehead atoms. The number of carboxylic acid groups (broad SMARTS) is 1. The fraction of sp³-hybridized carbons (Fsp3) is 0.280. The lowest BCUT2D eigenvalue weighted by atomic mass is 9.81. The first-order chi connectivity index (χ1) is 15.0. The summed E-state index contributed by atoms with van der Waals surface area (Å²) >= 11 is 0. The number of pyridine rings is 1. The quantitative estimate of drug-likeness (QED) is 0.654. The second kappa shape index (κ2) is 6.48. The number of fused-ring (bicyclic) bond motifs is 6. The molecule has 0 spiro atoms. The van der Waals surface area contributed by atoms with Crippen molar-refractivity contribution in [2.24, 2.45) is 23.7 Å². The smallest absolute Gasteiger partial charge is 0.336 e. The molecule has 4 atom stereocenters. The number of carbonyl (C=O) groups excluding carboxylic acids is 2. The number of aromatic carboxylic acids is 1. The van der Waals surface area contributed by atoms with Gasteiger partial charge in [0.25, 0.3) is 0 Å². The first-order valence-corrected chi connectivity index (χ1v) is 10.6. The van der Waals surface area contributed by atoms with Crippen LogP contribution in [0.25, 0.3) is 22.2 Å². The van der Waals surface area contributed by atoms with Gasteiger partial charge in [0.15, 0.2) is 0 Å². The number of amides is 2. The summed E-state index contributed by atoms with van der Waals surface area (Å²) in [5, 5.41) is 10.2. The zero-order valence-electron chi connectivity index (χ0n) is 16.7. The Morgan fingerprint density at radius 1 is 0.935 bits per heavy atom. The molecule has 3 aliphatic rings. The van der Waals surface area contributed by atoms with E-state index in [9.17, 15) is 19.5 Å². The minimum Gasteiger partial charge on any atom is -0.478 e. The predicted octanol–water partition coefficient (Wildman–Crippen LogP) is 4.14. The van der Waals surface area contributed by atoms with Crippen molar-refractivity contribution in [2.75, 3.05) is 4.90 Å². The van der Waals surface area contributed by atoms with Gasteiger partial charge in [0.05, 0.1) is 34.3 Å². The van der Waals surface area contributed by atoms with Gasteiger partial charge in [0, 0.05) is 10.9 Å². The maximum Gasteiger partial charge on any atom is 0.336 e. The van der Waals surface area contributed by atoms with Crippen molar-refractivity contribution in [3.8, 4) is 11.3 Å². The number of carboxylic acids is 1. The number of hydrogen-bond acceptors (Lipinski definition) is 4. The fourth-order valence-corrected chi connectivity index (χ4v) is 5.94. The molecule has 6 rings (SSSR count). The van der Waals surface area contributed by atoms with Gasteiger partial charge in [0.1, 0.15) is 0 Å². The molecule has 6 heteroatoms. The Labute approximate surface area is 178 Å². The predicted molar refractivity (Wildman–Crippen MR) is 114 cm³/mol. The highest BCUT2D eigenvalue weighted by atomic mass is 16.4. The van der Waals surface area contributed by atoms with Crippen LogP contribution in [0.3, 0.4) is 0 Å². The van der Waals surface area contributed by atoms with E-state index in [1.807, 2.05) is 6.07 Å². The summed E-state index contributed by atoms with van der Waals surface area (Å²) in [7, 11) is 0. The number of anilines is 1. The third kappa shape index (κ3) is 2.57. The van der Waals surface area contributed by atoms with Crippen LogP contribution in [-0.4, -0.2) is 27.9 Å². The molecule has 31 heavy (non-hydrogen) atoms. The molecule has 1 aliphatic heterocycles. The van der Waals surface area contributed by atoms with Crippen LogP contribution >= 0.6 is 0 Å². The number of para-hydroxylation sites is 1. The van der Waals surface area contributed by atoms with Crippen LogP contribution in [0, 0.1) is 23.7 Å². The highest BCUT2D eigenvalue weighted by Gasteiger charge is 2.61. The second-order valence-corrected chi connectivity index (χ2v) is 8.82. The van der Waals surface area contributed by atoms with E-state index < -0.39 is 5.97 Å². The number of benzene rings is 2. The van der Waals surface area contributed by atoms with Crippen molar-refractivity contribution < 1.29 is 19.5 Å². The maximum absolute atomic E-state index is 13.0. The number of rotatable bonds is 3. The monoisotopic (exact) mass is 412 g/mol. The maximum atomic E-state index is 13.0. The largest absolute Gasteiger partial charge is 0.478 e. The molecular weight excluding hydrogens is 392 g/mol. The zero-order valence-corrected chi connectivity index (χ0v) is 16.7. The Morgan fingerprint density at radius 3 is 2.23 bits per heavy atom. The Balaban J connectivity index is 1.36. The first-order valence-electron chi connectivity index (χ1n) is 10.6. The first kappa shape index (κ1) is 18.2. The minimum absolute atomic E-state index is 0.0630. The van der Waals surface area contributed by atoms with E-state index in [0.29, 0.717) is 34.1 Å². The van der Waals surface area contributed by atoms with Gasteiger partial charge in [0.2, 0.25) is 11.8 Å². The average Bonchev–Trinajstić information content (AvgIpc) is 3.47. The molecule has 3 fully saturated rings. The third-order valence-electron chi connectivity index (χ3n) is 7.30. The van der Waals surface area contributed by atoms with Crippen LogP contribution in [0.2, 0.25) is 0 Å². The van der Waals surface area contributed by atoms with Crippen molar-refractivity contribution in [3.05, 3.63) is 60.2 Å². The summed E-state index contributed by atoms with van der Waals surface area (Å²) in [4.78, 5) is 43.8. The van der Waals surface area contributed by atoms with Crippen molar-refractivity contribution >= 4 is 34.4 Å². The van der Waals surface area contributed by atoms with Gasteiger partial charge >= 0.3 is 5.97 Å². The topological polar surface area (TPSA) is 87.6 Å². The van der Waals surface area contributed by atoms with Gasteiger partial charge in [-0.1, -0.05) is 30.3 Å². The molecule has 2 aromatic carbocycles. The molecule has 2 saturated carbocycles. The van der Waals surface area contributed by atoms with Crippen LogP contribution in [0.1, 0.15) is 29.6 Å². The molecule has 0 radical (unpaired) electrons. The van der Waals surface area contributed by atoms with E-state index >= 15 is 0 Å². The Kier molecular flexibility index (Phi) is 3.81. The lowest BCUT2D eigenvalue weighted by Gasteiger charge is -2.19. The highest BCUT2D eigenvalue weighted by Crippen LogP contribution is 2.56. The van der Waals surface area contributed by atoms with Crippen LogP contribution in [0.5, 0.6) is 0 Å². The van der Waals surface area contributed by atoms with E-state index in [1.54, 1.807) is 48.5 Å². The molecule has 2 aliphatic carbocycles. The van der Waals surface area contributed by atoms with Crippen molar-refractivity contribution in [2.45, 2.75) is 19.3 Å². The Hall–Kier alpha value is -3.54. The van der Waals surface area contributed by atoms with E-state index in [0.717, 1.165) is 24.8 Å². The number of imide groups is 1. The SMILES string of the molecule is O=C(O)c1cc(-c2ccc(N3C(=O)C4C5CCC(C5)C4C3=O)cc2)nc2ccccc12. The van der Waals surface area contributed by atoms with Crippen molar-refractivity contribution in [3.63, 3.8) is 0 Å². The molecule has 2 heterocycles. The molecule has 1 aromatic heterocycles. The number of nitrogens with zero attached hydrogens (tertiary/aromatic N) is 2. The molecule has 4 unspecified atom stereocenters. The molecule has 2 amide bonds. The van der Waals surface area contributed by atoms with E-state index in [1.165, 1.54) is 4.90 Å². The number of aromatic nitrogens is 1. The van der Waals surface area contributed by atoms with Gasteiger partial charge in [-0.25, -0.2) is 9.78 Å². The summed E-state index contributed by atoms with van der Waals surface area (Å²) < 4.78 is 0. The summed E-state index contributed by atoms with van der Waals surface area (Å²) in [6.45, 7) is 0. The van der Waals surface area contributed by atoms with Gasteiger partial charge in [-0.3, -0.25) is 14.5 Å². The molecule has 1 N–H and O–H groups in total. The standard InChI is InChI=1S/C25H20N2O4/c28-23-21-14-5-6-15(11-14)22(21)24(29)27(23)16-9-7-13(8-10-16)20-12-18(25(30)31)17-3-1-2-4-19(17)26-20/h1-4,7-10,12,14-15,21-22H,5-6,11H2,(H,30,31). The Morgan fingerprint density at radius 2 is 1.58 bits per heavy atom. The molecule has 3 aromatic rings. The van der Waals surface area contributed by atoms with E-state index in [-0.39, 0.29) is 29.2 Å². The molecule has 6 nitrogen and oxygen atoms in total. The van der Waals surface area contributed by atoms with E-state index in [4.69, 9.17) is 0 Å². The molecule has 154 valence electrons. The fourth-order valence-electron chi connectivity index (χ4n) is 5.94. The summed E-state index contributed by atoms with van der Waals surface area (Å²) in [5.41, 5.74) is 2.65. The van der Waals surface area contributed by atoms with Crippen LogP contribution < -0.4 is 4.90 Å². The molecular formula is C25H20N2O4. The normalized spacial score (nSPS) is 26.6. The summed E-state index contributed by atoms with van der Waals surface area (Å²) in [6, 6.07) is 15.8. The van der Waals surface area contributed by atoms with Gasteiger partial charge < -0.3 is 5.11 Å². The van der Waals surface area contributed by atoms with Crippen LogP contribution in [0.15, 0.2) is 54.6 Å². The van der Waals surface area contributed by atoms with Crippen LogP contribution in [0.4, 0.5) is 5.69 Å². The second-order valence-electron chi connectivity index (χ2n) is 8.82. The highest BCUT2D eigenvalue weighted by molar-refractivity contribution is 6.22. The number of hydrogen-bond donors (Lipinski definition) is 1. The lowest BCUT2D eigenvalue weighted by Crippen LogP contribution is -2.32. The van der Waals surface area contributed by atoms with Gasteiger partial charge in [-0.2, -0.15) is 0 Å². The van der Waals surface area contributed by atoms with Crippen molar-refractivity contribution in [1.29, 1.82) is 0 Å². The third-order valence-corrected chi connectivity index (χ3v) is 7.30. The van der Waals surface area contributed by atoms with Gasteiger partial charge in [-0.05, 0) is 55.4 Å².